The van der Waals surface area contributed by atoms with Crippen LogP contribution < -0.4 is 4.90 Å². The number of para-hydroxylation sites is 1. The quantitative estimate of drug-likeness (QED) is 0.168. The first-order valence-corrected chi connectivity index (χ1v) is 18.5. The largest absolute Gasteiger partial charge is 0.456 e. The number of nitrogens with zero attached hydrogens (tertiary/aromatic N) is 1. The highest BCUT2D eigenvalue weighted by atomic mass is 16.3. The summed E-state index contributed by atoms with van der Waals surface area (Å²) in [5.74, 6) is 0. The van der Waals surface area contributed by atoms with Gasteiger partial charge in [0.25, 0.3) is 0 Å². The minimum Gasteiger partial charge on any atom is -0.456 e. The fourth-order valence-electron chi connectivity index (χ4n) is 8.38. The zero-order valence-corrected chi connectivity index (χ0v) is 29.4. The lowest BCUT2D eigenvalue weighted by Gasteiger charge is -2.26. The molecule has 0 saturated heterocycles. The van der Waals surface area contributed by atoms with E-state index in [2.05, 4.69) is 193 Å². The molecule has 11 rings (SSSR count). The van der Waals surface area contributed by atoms with Gasteiger partial charge in [-0.1, -0.05) is 146 Å². The Hall–Kier alpha value is -7.16. The Bertz CT molecular complexity index is 3210. The van der Waals surface area contributed by atoms with Gasteiger partial charge in [-0.2, -0.15) is 0 Å². The molecule has 0 radical (unpaired) electrons. The second-order valence-electron chi connectivity index (χ2n) is 14.1. The van der Waals surface area contributed by atoms with Crippen LogP contribution in [0, 0.1) is 0 Å². The van der Waals surface area contributed by atoms with Gasteiger partial charge < -0.3 is 9.32 Å². The highest BCUT2D eigenvalue weighted by Gasteiger charge is 2.16. The normalized spacial score (nSPS) is 11.7. The molecule has 10 aromatic carbocycles. The van der Waals surface area contributed by atoms with E-state index in [-0.39, 0.29) is 0 Å². The lowest BCUT2D eigenvalue weighted by atomic mass is 9.94. The number of hydrogen-bond donors (Lipinski definition) is 0. The van der Waals surface area contributed by atoms with Gasteiger partial charge in [0.1, 0.15) is 11.2 Å². The van der Waals surface area contributed by atoms with E-state index in [0.717, 1.165) is 50.1 Å². The topological polar surface area (TPSA) is 16.4 Å². The highest BCUT2D eigenvalue weighted by Crippen LogP contribution is 2.41. The third-order valence-corrected chi connectivity index (χ3v) is 11.0. The van der Waals surface area contributed by atoms with Crippen LogP contribution in [-0.4, -0.2) is 0 Å². The number of furan rings is 1. The van der Waals surface area contributed by atoms with Gasteiger partial charge in [-0.25, -0.2) is 0 Å². The van der Waals surface area contributed by atoms with E-state index >= 15 is 0 Å². The minimum absolute atomic E-state index is 0.909. The lowest BCUT2D eigenvalue weighted by molar-refractivity contribution is 0.669. The van der Waals surface area contributed by atoms with Crippen LogP contribution >= 0.6 is 0 Å². The molecule has 0 N–H and O–H groups in total. The summed E-state index contributed by atoms with van der Waals surface area (Å²) in [6.07, 6.45) is 0. The highest BCUT2D eigenvalue weighted by molar-refractivity contribution is 6.12. The van der Waals surface area contributed by atoms with Crippen LogP contribution in [-0.2, 0) is 0 Å². The molecule has 0 saturated carbocycles. The SMILES string of the molecule is c1ccc2c(c1)ccc1cc(N(c3ccc(-c4ccc5oc6ccccc6c5c4)cc3)c3ccc(-c4cccc5c4ccc4ccccc45)cc3)ccc12. The van der Waals surface area contributed by atoms with Crippen LogP contribution in [0.5, 0.6) is 0 Å². The Labute approximate surface area is 312 Å². The van der Waals surface area contributed by atoms with Crippen molar-refractivity contribution in [3.63, 3.8) is 0 Å². The van der Waals surface area contributed by atoms with E-state index in [1.165, 1.54) is 54.2 Å². The van der Waals surface area contributed by atoms with Crippen molar-refractivity contribution < 1.29 is 4.42 Å². The maximum Gasteiger partial charge on any atom is 0.135 e. The molecule has 0 fully saturated rings. The molecular formula is C52H33NO. The summed E-state index contributed by atoms with van der Waals surface area (Å²) in [6, 6.07) is 72.4. The Morgan fingerprint density at radius 2 is 0.815 bits per heavy atom. The molecule has 0 aliphatic heterocycles. The van der Waals surface area contributed by atoms with Gasteiger partial charge in [0.15, 0.2) is 0 Å². The van der Waals surface area contributed by atoms with Gasteiger partial charge >= 0.3 is 0 Å². The van der Waals surface area contributed by atoms with Crippen molar-refractivity contribution in [3.05, 3.63) is 200 Å². The monoisotopic (exact) mass is 687 g/mol. The zero-order valence-electron chi connectivity index (χ0n) is 29.4. The summed E-state index contributed by atoms with van der Waals surface area (Å²) in [5, 5.41) is 12.4. The molecule has 0 aliphatic rings. The van der Waals surface area contributed by atoms with Gasteiger partial charge in [0.2, 0.25) is 0 Å². The van der Waals surface area contributed by atoms with E-state index in [1.807, 2.05) is 12.1 Å². The number of hydrogen-bond acceptors (Lipinski definition) is 2. The standard InChI is InChI=1S/C52H33NO/c1-3-10-43-35(8-1)16-17-39-32-42(28-30-46(39)43)53(40-24-18-34(19-25-40)38-23-31-52-50(33-38)49-12-5-6-15-51(49)54-52)41-26-20-37(21-27-41)45-13-7-14-47-44-11-4-2-9-36(44)22-29-48(45)47/h1-33H. The molecule has 1 heterocycles. The molecule has 0 aliphatic carbocycles. The third kappa shape index (κ3) is 4.96. The summed E-state index contributed by atoms with van der Waals surface area (Å²) in [5.41, 5.74) is 9.89. The second kappa shape index (κ2) is 12.2. The van der Waals surface area contributed by atoms with Crippen LogP contribution in [0.1, 0.15) is 0 Å². The third-order valence-electron chi connectivity index (χ3n) is 11.0. The first-order chi connectivity index (χ1) is 26.7. The van der Waals surface area contributed by atoms with Gasteiger partial charge in [0, 0.05) is 27.8 Å². The predicted molar refractivity (Wildman–Crippen MR) is 229 cm³/mol. The van der Waals surface area contributed by atoms with Crippen molar-refractivity contribution >= 4 is 82.1 Å². The molecule has 0 unspecified atom stereocenters. The molecule has 11 aromatic rings. The average molecular weight is 688 g/mol. The first kappa shape index (κ1) is 30.5. The molecule has 0 amide bonds. The molecule has 0 atom stereocenters. The molecule has 0 spiro atoms. The summed E-state index contributed by atoms with van der Waals surface area (Å²) >= 11 is 0. The van der Waals surface area contributed by atoms with Gasteiger partial charge in [-0.15, -0.1) is 0 Å². The first-order valence-electron chi connectivity index (χ1n) is 18.5. The van der Waals surface area contributed by atoms with Crippen molar-refractivity contribution in [1.82, 2.24) is 0 Å². The van der Waals surface area contributed by atoms with Crippen LogP contribution in [0.25, 0.3) is 87.3 Å². The van der Waals surface area contributed by atoms with Gasteiger partial charge in [0.05, 0.1) is 0 Å². The molecule has 1 aromatic heterocycles. The van der Waals surface area contributed by atoms with Crippen molar-refractivity contribution in [2.45, 2.75) is 0 Å². The van der Waals surface area contributed by atoms with Gasteiger partial charge in [-0.05, 0) is 120 Å². The summed E-state index contributed by atoms with van der Waals surface area (Å²) < 4.78 is 6.11. The molecule has 54 heavy (non-hydrogen) atoms. The van der Waals surface area contributed by atoms with E-state index in [4.69, 9.17) is 4.42 Å². The average Bonchev–Trinajstić information content (AvgIpc) is 3.62. The number of benzene rings is 10. The fraction of sp³-hybridized carbons (Fsp3) is 0. The van der Waals surface area contributed by atoms with E-state index < -0.39 is 0 Å². The Balaban J connectivity index is 1.02. The fourth-order valence-corrected chi connectivity index (χ4v) is 8.38. The van der Waals surface area contributed by atoms with E-state index in [0.29, 0.717) is 0 Å². The second-order valence-corrected chi connectivity index (χ2v) is 14.1. The van der Waals surface area contributed by atoms with Gasteiger partial charge in [-0.3, -0.25) is 0 Å². The maximum atomic E-state index is 6.11. The molecule has 2 heteroatoms. The van der Waals surface area contributed by atoms with Crippen molar-refractivity contribution in [3.8, 4) is 22.3 Å². The molecule has 2 nitrogen and oxygen atoms in total. The van der Waals surface area contributed by atoms with Crippen molar-refractivity contribution in [2.75, 3.05) is 4.90 Å². The Kier molecular flexibility index (Phi) is 6.90. The van der Waals surface area contributed by atoms with E-state index in [1.54, 1.807) is 0 Å². The summed E-state index contributed by atoms with van der Waals surface area (Å²) in [7, 11) is 0. The van der Waals surface area contributed by atoms with Crippen molar-refractivity contribution in [2.24, 2.45) is 0 Å². The minimum atomic E-state index is 0.909. The van der Waals surface area contributed by atoms with Crippen molar-refractivity contribution in [1.29, 1.82) is 0 Å². The molecule has 0 bridgehead atoms. The van der Waals surface area contributed by atoms with Crippen LogP contribution in [0.4, 0.5) is 17.1 Å². The van der Waals surface area contributed by atoms with E-state index in [9.17, 15) is 0 Å². The number of anilines is 3. The summed E-state index contributed by atoms with van der Waals surface area (Å²) in [6.45, 7) is 0. The number of fused-ring (bicyclic) bond motifs is 9. The Morgan fingerprint density at radius 3 is 1.59 bits per heavy atom. The maximum absolute atomic E-state index is 6.11. The van der Waals surface area contributed by atoms with Crippen LogP contribution in [0.3, 0.4) is 0 Å². The summed E-state index contributed by atoms with van der Waals surface area (Å²) in [4.78, 5) is 2.37. The lowest BCUT2D eigenvalue weighted by Crippen LogP contribution is -2.09. The smallest absolute Gasteiger partial charge is 0.135 e. The van der Waals surface area contributed by atoms with Crippen LogP contribution in [0.15, 0.2) is 205 Å². The molecular weight excluding hydrogens is 655 g/mol. The molecule has 252 valence electrons. The zero-order chi connectivity index (χ0) is 35.6. The predicted octanol–water partition coefficient (Wildman–Crippen LogP) is 15.0. The number of rotatable bonds is 5. The van der Waals surface area contributed by atoms with Crippen LogP contribution in [0.2, 0.25) is 0 Å². The Morgan fingerprint density at radius 1 is 0.278 bits per heavy atom.